The predicted molar refractivity (Wildman–Crippen MR) is 48.2 cm³/mol. The summed E-state index contributed by atoms with van der Waals surface area (Å²) in [6.07, 6.45) is -0.164. The fourth-order valence-electron chi connectivity index (χ4n) is 0.707. The lowest BCUT2D eigenvalue weighted by molar-refractivity contribution is -0.145. The lowest BCUT2D eigenvalue weighted by Gasteiger charge is -2.07. The fourth-order valence-corrected chi connectivity index (χ4v) is 0.707. The topological polar surface area (TPSA) is 72.5 Å². The van der Waals surface area contributed by atoms with Crippen molar-refractivity contribution < 1.29 is 14.6 Å². The highest BCUT2D eigenvalue weighted by atomic mass is 35.5. The van der Waals surface area contributed by atoms with Crippen molar-refractivity contribution in [2.24, 2.45) is 5.73 Å². The van der Waals surface area contributed by atoms with Crippen molar-refractivity contribution in [2.45, 2.75) is 25.9 Å². The Kier molecular flexibility index (Phi) is 10.4. The van der Waals surface area contributed by atoms with E-state index in [0.717, 1.165) is 0 Å². The molecule has 0 rings (SSSR count). The number of rotatable bonds is 5. The molecule has 0 saturated carbocycles. The van der Waals surface area contributed by atoms with Gasteiger partial charge in [0.05, 0.1) is 19.1 Å². The zero-order valence-corrected chi connectivity index (χ0v) is 7.97. The van der Waals surface area contributed by atoms with Gasteiger partial charge in [0.2, 0.25) is 0 Å². The molecule has 0 aliphatic carbocycles. The van der Waals surface area contributed by atoms with Crippen molar-refractivity contribution in [3.8, 4) is 0 Å². The Morgan fingerprint density at radius 1 is 1.67 bits per heavy atom. The van der Waals surface area contributed by atoms with Crippen LogP contribution >= 0.6 is 12.4 Å². The summed E-state index contributed by atoms with van der Waals surface area (Å²) in [5.41, 5.74) is 5.17. The molecule has 0 saturated heterocycles. The van der Waals surface area contributed by atoms with Crippen LogP contribution in [-0.4, -0.2) is 30.3 Å². The fraction of sp³-hybridized carbons (Fsp3) is 0.857. The lowest BCUT2D eigenvalue weighted by Crippen LogP contribution is -2.19. The minimum atomic E-state index is -0.654. The number of ether oxygens (including phenoxy) is 1. The Balaban J connectivity index is 0. The van der Waals surface area contributed by atoms with Crippen LogP contribution in [0.25, 0.3) is 0 Å². The molecule has 74 valence electrons. The molecule has 0 unspecified atom stereocenters. The highest BCUT2D eigenvalue weighted by Gasteiger charge is 2.09. The summed E-state index contributed by atoms with van der Waals surface area (Å²) in [5.74, 6) is -0.367. The van der Waals surface area contributed by atoms with Gasteiger partial charge in [-0.3, -0.25) is 4.79 Å². The largest absolute Gasteiger partial charge is 0.466 e. The van der Waals surface area contributed by atoms with Gasteiger partial charge in [-0.25, -0.2) is 0 Å². The van der Waals surface area contributed by atoms with Gasteiger partial charge in [-0.2, -0.15) is 0 Å². The van der Waals surface area contributed by atoms with E-state index < -0.39 is 6.10 Å². The second kappa shape index (κ2) is 8.77. The third kappa shape index (κ3) is 7.78. The molecule has 1 atom stereocenters. The summed E-state index contributed by atoms with van der Waals surface area (Å²) in [4.78, 5) is 10.7. The summed E-state index contributed by atoms with van der Waals surface area (Å²) < 4.78 is 4.62. The lowest BCUT2D eigenvalue weighted by atomic mass is 10.2. The van der Waals surface area contributed by atoms with Gasteiger partial charge in [-0.05, 0) is 19.9 Å². The minimum Gasteiger partial charge on any atom is -0.466 e. The number of nitrogens with two attached hydrogens (primary N) is 1. The van der Waals surface area contributed by atoms with Crippen molar-refractivity contribution in [3.63, 3.8) is 0 Å². The second-order valence-electron chi connectivity index (χ2n) is 2.24. The molecule has 0 bridgehead atoms. The Bertz CT molecular complexity index is 121. The summed E-state index contributed by atoms with van der Waals surface area (Å²) in [6, 6.07) is 0. The highest BCUT2D eigenvalue weighted by molar-refractivity contribution is 5.85. The maximum Gasteiger partial charge on any atom is 0.308 e. The highest BCUT2D eigenvalue weighted by Crippen LogP contribution is 1.97. The third-order valence-electron chi connectivity index (χ3n) is 1.21. The van der Waals surface area contributed by atoms with Crippen LogP contribution in [0.4, 0.5) is 0 Å². The van der Waals surface area contributed by atoms with Gasteiger partial charge in [0.1, 0.15) is 0 Å². The summed E-state index contributed by atoms with van der Waals surface area (Å²) >= 11 is 0. The molecule has 0 radical (unpaired) electrons. The van der Waals surface area contributed by atoms with E-state index in [0.29, 0.717) is 19.6 Å². The van der Waals surface area contributed by atoms with Crippen LogP contribution in [0.1, 0.15) is 19.8 Å². The van der Waals surface area contributed by atoms with E-state index in [-0.39, 0.29) is 24.8 Å². The number of halogens is 1. The average molecular weight is 198 g/mol. The van der Waals surface area contributed by atoms with E-state index in [1.165, 1.54) is 0 Å². The quantitative estimate of drug-likeness (QED) is 0.612. The van der Waals surface area contributed by atoms with Gasteiger partial charge in [-0.15, -0.1) is 12.4 Å². The Hall–Kier alpha value is -0.320. The second-order valence-corrected chi connectivity index (χ2v) is 2.24. The first-order valence-electron chi connectivity index (χ1n) is 3.74. The molecule has 0 aromatic carbocycles. The van der Waals surface area contributed by atoms with Crippen LogP contribution in [0.5, 0.6) is 0 Å². The average Bonchev–Trinajstić information content (AvgIpc) is 1.87. The molecule has 0 aromatic heterocycles. The number of carbonyl (C=O) groups excluding carboxylic acids is 1. The maximum absolute atomic E-state index is 10.7. The van der Waals surface area contributed by atoms with E-state index in [1.54, 1.807) is 6.92 Å². The van der Waals surface area contributed by atoms with Crippen LogP contribution in [0.15, 0.2) is 0 Å². The number of esters is 1. The van der Waals surface area contributed by atoms with E-state index in [1.807, 2.05) is 0 Å². The van der Waals surface area contributed by atoms with Crippen molar-refractivity contribution >= 4 is 18.4 Å². The molecule has 12 heavy (non-hydrogen) atoms. The minimum absolute atomic E-state index is 0. The Morgan fingerprint density at radius 3 is 2.67 bits per heavy atom. The predicted octanol–water partition coefficient (Wildman–Crippen LogP) is 0.0711. The molecule has 0 amide bonds. The van der Waals surface area contributed by atoms with Crippen molar-refractivity contribution in [1.82, 2.24) is 0 Å². The number of hydrogen-bond donors (Lipinski definition) is 2. The van der Waals surface area contributed by atoms with E-state index in [2.05, 4.69) is 4.74 Å². The van der Waals surface area contributed by atoms with Crippen molar-refractivity contribution in [1.29, 1.82) is 0 Å². The first kappa shape index (κ1) is 14.2. The van der Waals surface area contributed by atoms with Crippen LogP contribution in [0, 0.1) is 0 Å². The van der Waals surface area contributed by atoms with Crippen molar-refractivity contribution in [3.05, 3.63) is 0 Å². The van der Waals surface area contributed by atoms with Gasteiger partial charge in [0.25, 0.3) is 0 Å². The molecule has 0 spiro atoms. The van der Waals surface area contributed by atoms with Crippen LogP contribution in [-0.2, 0) is 9.53 Å². The molecule has 0 heterocycles. The first-order chi connectivity index (χ1) is 5.20. The molecule has 3 N–H and O–H groups in total. The number of aliphatic hydroxyl groups is 1. The number of aliphatic hydroxyl groups excluding tert-OH is 1. The van der Waals surface area contributed by atoms with E-state index in [4.69, 9.17) is 10.8 Å². The van der Waals surface area contributed by atoms with Crippen LogP contribution in [0.3, 0.4) is 0 Å². The third-order valence-corrected chi connectivity index (χ3v) is 1.21. The summed E-state index contributed by atoms with van der Waals surface area (Å²) in [6.45, 7) is 2.47. The molecule has 0 aliphatic rings. The maximum atomic E-state index is 10.7. The SMILES string of the molecule is CCOC(=O)C[C@H](O)CCN.Cl. The van der Waals surface area contributed by atoms with Gasteiger partial charge in [-0.1, -0.05) is 0 Å². The van der Waals surface area contributed by atoms with Gasteiger partial charge >= 0.3 is 5.97 Å². The van der Waals surface area contributed by atoms with E-state index >= 15 is 0 Å². The Labute approximate surface area is 78.5 Å². The standard InChI is InChI=1S/C7H15NO3.ClH/c1-2-11-7(10)5-6(9)3-4-8;/h6,9H,2-5,8H2,1H3;1H/t6-;/m1./s1. The molecular weight excluding hydrogens is 182 g/mol. The van der Waals surface area contributed by atoms with Gasteiger partial charge < -0.3 is 15.6 Å². The van der Waals surface area contributed by atoms with Crippen LogP contribution in [0.2, 0.25) is 0 Å². The smallest absolute Gasteiger partial charge is 0.308 e. The molecular formula is C7H16ClNO3. The Morgan fingerprint density at radius 2 is 2.25 bits per heavy atom. The molecule has 0 aliphatic heterocycles. The molecule has 5 heteroatoms. The first-order valence-corrected chi connectivity index (χ1v) is 3.74. The summed E-state index contributed by atoms with van der Waals surface area (Å²) in [5, 5.41) is 9.07. The number of hydrogen-bond acceptors (Lipinski definition) is 4. The van der Waals surface area contributed by atoms with Crippen LogP contribution < -0.4 is 5.73 Å². The van der Waals surface area contributed by atoms with E-state index in [9.17, 15) is 4.79 Å². The monoisotopic (exact) mass is 197 g/mol. The molecule has 4 nitrogen and oxygen atoms in total. The molecule has 0 aromatic rings. The summed E-state index contributed by atoms with van der Waals surface area (Å²) in [7, 11) is 0. The zero-order chi connectivity index (χ0) is 8.69. The zero-order valence-electron chi connectivity index (χ0n) is 7.16. The van der Waals surface area contributed by atoms with Gasteiger partial charge in [0, 0.05) is 0 Å². The van der Waals surface area contributed by atoms with Gasteiger partial charge in [0.15, 0.2) is 0 Å². The normalized spacial score (nSPS) is 11.6. The van der Waals surface area contributed by atoms with Crippen molar-refractivity contribution in [2.75, 3.05) is 13.2 Å². The molecule has 0 fully saturated rings. The number of carbonyl (C=O) groups is 1.